The Bertz CT molecular complexity index is 656. The number of rotatable bonds is 9. The van der Waals surface area contributed by atoms with Gasteiger partial charge < -0.3 is 15.5 Å². The highest BCUT2D eigenvalue weighted by atomic mass is 32.2. The maximum Gasteiger partial charge on any atom is 0.240 e. The monoisotopic (exact) mass is 395 g/mol. The zero-order valence-electron chi connectivity index (χ0n) is 16.3. The Kier molecular flexibility index (Phi) is 9.58. The van der Waals surface area contributed by atoms with E-state index in [1.54, 1.807) is 37.4 Å². The molecular formula is C19H33N5O2S. The molecule has 3 N–H and O–H groups in total. The molecule has 8 heteroatoms. The summed E-state index contributed by atoms with van der Waals surface area (Å²) < 4.78 is 26.9. The molecule has 152 valence electrons. The third-order valence-corrected chi connectivity index (χ3v) is 6.11. The Morgan fingerprint density at radius 1 is 1.00 bits per heavy atom. The van der Waals surface area contributed by atoms with E-state index in [1.807, 2.05) is 0 Å². The van der Waals surface area contributed by atoms with Crippen LogP contribution >= 0.6 is 0 Å². The van der Waals surface area contributed by atoms with Gasteiger partial charge in [0.2, 0.25) is 10.0 Å². The van der Waals surface area contributed by atoms with Crippen molar-refractivity contribution in [2.45, 2.75) is 37.0 Å². The van der Waals surface area contributed by atoms with Gasteiger partial charge >= 0.3 is 0 Å². The molecule has 0 saturated carbocycles. The standard InChI is InChI=1S/C19H33N5O2S/c1-20-19(21-12-9-17-24-15-7-2-3-8-16-24)22-13-14-23-27(25,26)18-10-5-4-6-11-18/h4-6,10-11,23H,2-3,7-9,12-17H2,1H3,(H2,20,21,22). The Hall–Kier alpha value is -1.64. The Balaban J connectivity index is 1.60. The van der Waals surface area contributed by atoms with E-state index in [0.717, 1.165) is 19.5 Å². The molecule has 1 fully saturated rings. The Morgan fingerprint density at radius 2 is 1.67 bits per heavy atom. The van der Waals surface area contributed by atoms with Crippen LogP contribution < -0.4 is 15.4 Å². The lowest BCUT2D eigenvalue weighted by Crippen LogP contribution is -2.42. The van der Waals surface area contributed by atoms with E-state index in [4.69, 9.17) is 0 Å². The van der Waals surface area contributed by atoms with Crippen molar-refractivity contribution in [2.24, 2.45) is 4.99 Å². The highest BCUT2D eigenvalue weighted by molar-refractivity contribution is 7.89. The summed E-state index contributed by atoms with van der Waals surface area (Å²) in [6.45, 7) is 5.17. The van der Waals surface area contributed by atoms with Gasteiger partial charge in [0.05, 0.1) is 4.90 Å². The molecule has 2 rings (SSSR count). The molecule has 1 aromatic rings. The van der Waals surface area contributed by atoms with Gasteiger partial charge in [-0.3, -0.25) is 4.99 Å². The molecule has 0 bridgehead atoms. The average molecular weight is 396 g/mol. The first-order chi connectivity index (χ1) is 13.1. The van der Waals surface area contributed by atoms with E-state index in [-0.39, 0.29) is 4.90 Å². The van der Waals surface area contributed by atoms with Crippen LogP contribution in [0, 0.1) is 0 Å². The molecule has 1 heterocycles. The van der Waals surface area contributed by atoms with Crippen LogP contribution in [0.3, 0.4) is 0 Å². The van der Waals surface area contributed by atoms with Crippen molar-refractivity contribution in [2.75, 3.05) is 46.3 Å². The lowest BCUT2D eigenvalue weighted by Gasteiger charge is -2.20. The highest BCUT2D eigenvalue weighted by Gasteiger charge is 2.12. The van der Waals surface area contributed by atoms with Gasteiger partial charge in [-0.25, -0.2) is 13.1 Å². The molecule has 1 aliphatic rings. The molecule has 0 unspecified atom stereocenters. The van der Waals surface area contributed by atoms with Gasteiger partial charge in [0.15, 0.2) is 5.96 Å². The minimum atomic E-state index is -3.46. The molecule has 0 aromatic heterocycles. The second-order valence-corrected chi connectivity index (χ2v) is 8.51. The summed E-state index contributed by atoms with van der Waals surface area (Å²) in [6.07, 6.45) is 6.42. The second-order valence-electron chi connectivity index (χ2n) is 6.75. The zero-order chi connectivity index (χ0) is 19.4. The van der Waals surface area contributed by atoms with Crippen molar-refractivity contribution in [3.05, 3.63) is 30.3 Å². The maximum atomic E-state index is 12.1. The summed E-state index contributed by atoms with van der Waals surface area (Å²) in [6, 6.07) is 8.39. The Labute approximate surface area is 163 Å². The van der Waals surface area contributed by atoms with Gasteiger partial charge in [0, 0.05) is 26.7 Å². The average Bonchev–Trinajstić information content (AvgIpc) is 2.96. The lowest BCUT2D eigenvalue weighted by atomic mass is 10.2. The van der Waals surface area contributed by atoms with Gasteiger partial charge in [-0.1, -0.05) is 31.0 Å². The molecular weight excluding hydrogens is 362 g/mol. The zero-order valence-corrected chi connectivity index (χ0v) is 17.1. The van der Waals surface area contributed by atoms with Crippen molar-refractivity contribution in [3.63, 3.8) is 0 Å². The largest absolute Gasteiger partial charge is 0.356 e. The molecule has 1 aromatic carbocycles. The number of sulfonamides is 1. The number of benzene rings is 1. The van der Waals surface area contributed by atoms with Crippen LogP contribution in [0.25, 0.3) is 0 Å². The fourth-order valence-corrected chi connectivity index (χ4v) is 4.19. The topological polar surface area (TPSA) is 85.8 Å². The number of guanidine groups is 1. The van der Waals surface area contributed by atoms with Gasteiger partial charge in [0.25, 0.3) is 0 Å². The minimum absolute atomic E-state index is 0.279. The van der Waals surface area contributed by atoms with Crippen LogP contribution in [0.5, 0.6) is 0 Å². The molecule has 1 aliphatic heterocycles. The highest BCUT2D eigenvalue weighted by Crippen LogP contribution is 2.09. The first-order valence-electron chi connectivity index (χ1n) is 9.83. The van der Waals surface area contributed by atoms with Crippen molar-refractivity contribution in [3.8, 4) is 0 Å². The number of aliphatic imine (C=N–C) groups is 1. The summed E-state index contributed by atoms with van der Waals surface area (Å²) >= 11 is 0. The summed E-state index contributed by atoms with van der Waals surface area (Å²) in [4.78, 5) is 7.01. The molecule has 0 aliphatic carbocycles. The van der Waals surface area contributed by atoms with Crippen LogP contribution in [0.4, 0.5) is 0 Å². The van der Waals surface area contributed by atoms with Gasteiger partial charge in [0.1, 0.15) is 0 Å². The van der Waals surface area contributed by atoms with Crippen LogP contribution in [0.2, 0.25) is 0 Å². The maximum absolute atomic E-state index is 12.1. The van der Waals surface area contributed by atoms with E-state index >= 15 is 0 Å². The smallest absolute Gasteiger partial charge is 0.240 e. The molecule has 0 atom stereocenters. The summed E-state index contributed by atoms with van der Waals surface area (Å²) in [7, 11) is -1.74. The summed E-state index contributed by atoms with van der Waals surface area (Å²) in [5, 5.41) is 6.43. The molecule has 1 saturated heterocycles. The first kappa shape index (κ1) is 21.7. The fourth-order valence-electron chi connectivity index (χ4n) is 3.14. The predicted molar refractivity (Wildman–Crippen MR) is 111 cm³/mol. The van der Waals surface area contributed by atoms with Crippen LogP contribution in [0.15, 0.2) is 40.2 Å². The number of nitrogens with zero attached hydrogens (tertiary/aromatic N) is 2. The number of hydrogen-bond acceptors (Lipinski definition) is 4. The van der Waals surface area contributed by atoms with E-state index in [0.29, 0.717) is 19.0 Å². The summed E-state index contributed by atoms with van der Waals surface area (Å²) in [5.74, 6) is 0.699. The minimum Gasteiger partial charge on any atom is -0.356 e. The molecule has 7 nitrogen and oxygen atoms in total. The fraction of sp³-hybridized carbons (Fsp3) is 0.632. The molecule has 0 radical (unpaired) electrons. The second kappa shape index (κ2) is 11.9. The van der Waals surface area contributed by atoms with Crippen LogP contribution in [-0.2, 0) is 10.0 Å². The third-order valence-electron chi connectivity index (χ3n) is 4.63. The lowest BCUT2D eigenvalue weighted by molar-refractivity contribution is 0.282. The van der Waals surface area contributed by atoms with Crippen molar-refractivity contribution >= 4 is 16.0 Å². The van der Waals surface area contributed by atoms with Gasteiger partial charge in [-0.2, -0.15) is 0 Å². The van der Waals surface area contributed by atoms with Crippen molar-refractivity contribution in [1.82, 2.24) is 20.3 Å². The molecule has 0 amide bonds. The van der Waals surface area contributed by atoms with Crippen molar-refractivity contribution in [1.29, 1.82) is 0 Å². The van der Waals surface area contributed by atoms with Crippen LogP contribution in [-0.4, -0.2) is 65.6 Å². The normalized spacial score (nSPS) is 16.7. The van der Waals surface area contributed by atoms with Crippen molar-refractivity contribution < 1.29 is 8.42 Å². The SMILES string of the molecule is CN=C(NCCCN1CCCCCC1)NCCNS(=O)(=O)c1ccccc1. The van der Waals surface area contributed by atoms with E-state index in [9.17, 15) is 8.42 Å². The van der Waals surface area contributed by atoms with Gasteiger partial charge in [-0.15, -0.1) is 0 Å². The number of hydrogen-bond donors (Lipinski definition) is 3. The molecule has 27 heavy (non-hydrogen) atoms. The first-order valence-corrected chi connectivity index (χ1v) is 11.3. The quantitative estimate of drug-likeness (QED) is 0.334. The molecule has 0 spiro atoms. The third kappa shape index (κ3) is 8.28. The number of likely N-dealkylation sites (tertiary alicyclic amines) is 1. The van der Waals surface area contributed by atoms with Gasteiger partial charge in [-0.05, 0) is 51.0 Å². The Morgan fingerprint density at radius 3 is 2.33 bits per heavy atom. The van der Waals surface area contributed by atoms with E-state index < -0.39 is 10.0 Å². The van der Waals surface area contributed by atoms with E-state index in [2.05, 4.69) is 25.2 Å². The van der Waals surface area contributed by atoms with Crippen LogP contribution in [0.1, 0.15) is 32.1 Å². The predicted octanol–water partition coefficient (Wildman–Crippen LogP) is 1.40. The number of nitrogens with one attached hydrogen (secondary N) is 3. The summed E-state index contributed by atoms with van der Waals surface area (Å²) in [5.41, 5.74) is 0. The van der Waals surface area contributed by atoms with E-state index in [1.165, 1.54) is 38.8 Å².